The highest BCUT2D eigenvalue weighted by molar-refractivity contribution is 8.23. The molecule has 0 amide bonds. The van der Waals surface area contributed by atoms with E-state index in [1.165, 1.54) is 0 Å². The Morgan fingerprint density at radius 1 is 2.00 bits per heavy atom. The molecule has 0 bridgehead atoms. The Balaban J connectivity index is 2.47. The van der Waals surface area contributed by atoms with Gasteiger partial charge in [0.15, 0.2) is 0 Å². The van der Waals surface area contributed by atoms with Gasteiger partial charge >= 0.3 is 5.97 Å². The predicted molar refractivity (Wildman–Crippen MR) is 48.9 cm³/mol. The first-order valence-electron chi connectivity index (χ1n) is 3.27. The SMILES string of the molecule is CC1CN(CC(=O)O)C(=S)S1. The van der Waals surface area contributed by atoms with E-state index in [9.17, 15) is 4.79 Å². The van der Waals surface area contributed by atoms with Crippen molar-refractivity contribution in [1.29, 1.82) is 0 Å². The molecule has 1 fully saturated rings. The Morgan fingerprint density at radius 2 is 2.64 bits per heavy atom. The van der Waals surface area contributed by atoms with Crippen LogP contribution in [0, 0.1) is 0 Å². The van der Waals surface area contributed by atoms with Gasteiger partial charge in [-0.15, -0.1) is 0 Å². The summed E-state index contributed by atoms with van der Waals surface area (Å²) in [4.78, 5) is 12.0. The Bertz CT molecular complexity index is 195. The average molecular weight is 191 g/mol. The number of carboxylic acid groups (broad SMARTS) is 1. The molecular weight excluding hydrogens is 182 g/mol. The van der Waals surface area contributed by atoms with Crippen molar-refractivity contribution in [1.82, 2.24) is 4.90 Å². The topological polar surface area (TPSA) is 40.5 Å². The van der Waals surface area contributed by atoms with E-state index < -0.39 is 5.97 Å². The number of thiocarbonyl (C=S) groups is 1. The van der Waals surface area contributed by atoms with E-state index in [0.29, 0.717) is 9.57 Å². The van der Waals surface area contributed by atoms with E-state index in [1.807, 2.05) is 6.92 Å². The first-order chi connectivity index (χ1) is 5.09. The van der Waals surface area contributed by atoms with Crippen LogP contribution in [0.1, 0.15) is 6.92 Å². The van der Waals surface area contributed by atoms with Crippen LogP contribution in [-0.4, -0.2) is 38.6 Å². The third-order valence-electron chi connectivity index (χ3n) is 1.36. The van der Waals surface area contributed by atoms with E-state index in [-0.39, 0.29) is 6.54 Å². The summed E-state index contributed by atoms with van der Waals surface area (Å²) in [6.45, 7) is 2.84. The zero-order valence-corrected chi connectivity index (χ0v) is 7.74. The van der Waals surface area contributed by atoms with Gasteiger partial charge in [-0.3, -0.25) is 4.79 Å². The molecule has 5 heteroatoms. The van der Waals surface area contributed by atoms with Gasteiger partial charge < -0.3 is 10.0 Å². The smallest absolute Gasteiger partial charge is 0.323 e. The van der Waals surface area contributed by atoms with Crippen molar-refractivity contribution in [3.63, 3.8) is 0 Å². The molecular formula is C6H9NO2S2. The number of rotatable bonds is 2. The van der Waals surface area contributed by atoms with E-state index in [2.05, 4.69) is 0 Å². The number of thioether (sulfide) groups is 1. The monoisotopic (exact) mass is 191 g/mol. The van der Waals surface area contributed by atoms with Crippen molar-refractivity contribution < 1.29 is 9.90 Å². The van der Waals surface area contributed by atoms with Gasteiger partial charge in [-0.25, -0.2) is 0 Å². The van der Waals surface area contributed by atoms with Crippen molar-refractivity contribution in [3.8, 4) is 0 Å². The van der Waals surface area contributed by atoms with Crippen LogP contribution in [0.5, 0.6) is 0 Å². The molecule has 0 spiro atoms. The number of nitrogens with zero attached hydrogens (tertiary/aromatic N) is 1. The van der Waals surface area contributed by atoms with Gasteiger partial charge in [0.05, 0.1) is 0 Å². The van der Waals surface area contributed by atoms with Gasteiger partial charge in [0.25, 0.3) is 0 Å². The molecule has 3 nitrogen and oxygen atoms in total. The lowest BCUT2D eigenvalue weighted by Crippen LogP contribution is -2.30. The summed E-state index contributed by atoms with van der Waals surface area (Å²) in [5.74, 6) is -0.818. The largest absolute Gasteiger partial charge is 0.480 e. The lowest BCUT2D eigenvalue weighted by atomic mass is 10.4. The summed E-state index contributed by atoms with van der Waals surface area (Å²) in [5, 5.41) is 8.90. The second-order valence-corrected chi connectivity index (χ2v) is 4.54. The minimum Gasteiger partial charge on any atom is -0.480 e. The van der Waals surface area contributed by atoms with Crippen LogP contribution < -0.4 is 0 Å². The van der Waals surface area contributed by atoms with Crippen LogP contribution in [0.4, 0.5) is 0 Å². The second-order valence-electron chi connectivity index (χ2n) is 2.47. The molecule has 0 aliphatic carbocycles. The zero-order valence-electron chi connectivity index (χ0n) is 6.11. The first-order valence-corrected chi connectivity index (χ1v) is 4.55. The maximum atomic E-state index is 10.3. The molecule has 11 heavy (non-hydrogen) atoms. The van der Waals surface area contributed by atoms with Gasteiger partial charge in [-0.05, 0) is 0 Å². The van der Waals surface area contributed by atoms with Crippen molar-refractivity contribution >= 4 is 34.3 Å². The Kier molecular flexibility index (Phi) is 2.72. The lowest BCUT2D eigenvalue weighted by Gasteiger charge is -2.12. The zero-order chi connectivity index (χ0) is 8.43. The van der Waals surface area contributed by atoms with Crippen LogP contribution in [-0.2, 0) is 4.79 Å². The quantitative estimate of drug-likeness (QED) is 0.654. The highest BCUT2D eigenvalue weighted by atomic mass is 32.2. The van der Waals surface area contributed by atoms with Crippen molar-refractivity contribution in [2.75, 3.05) is 13.1 Å². The third kappa shape index (κ3) is 2.34. The maximum absolute atomic E-state index is 10.3. The second kappa shape index (κ2) is 3.40. The van der Waals surface area contributed by atoms with Gasteiger partial charge in [0.1, 0.15) is 10.9 Å². The number of hydrogen-bond acceptors (Lipinski definition) is 3. The lowest BCUT2D eigenvalue weighted by molar-refractivity contribution is -0.137. The molecule has 1 atom stereocenters. The minimum absolute atomic E-state index is 0.0379. The molecule has 0 aromatic carbocycles. The standard InChI is InChI=1S/C6H9NO2S2/c1-4-2-7(3-5(8)9)6(10)11-4/h4H,2-3H2,1H3,(H,8,9). The summed E-state index contributed by atoms with van der Waals surface area (Å²) >= 11 is 6.53. The average Bonchev–Trinajstić information content (AvgIpc) is 2.09. The van der Waals surface area contributed by atoms with E-state index in [1.54, 1.807) is 16.7 Å². The molecule has 0 aromatic heterocycles. The highest BCUT2D eigenvalue weighted by Gasteiger charge is 2.25. The van der Waals surface area contributed by atoms with E-state index in [4.69, 9.17) is 17.3 Å². The fraction of sp³-hybridized carbons (Fsp3) is 0.667. The van der Waals surface area contributed by atoms with Crippen LogP contribution in [0.15, 0.2) is 0 Å². The predicted octanol–water partition coefficient (Wildman–Crippen LogP) is 0.793. The first kappa shape index (κ1) is 8.80. The summed E-state index contributed by atoms with van der Waals surface area (Å²) in [7, 11) is 0. The molecule has 0 aromatic rings. The van der Waals surface area contributed by atoms with Crippen molar-refractivity contribution in [2.45, 2.75) is 12.2 Å². The molecule has 0 saturated carbocycles. The number of hydrogen-bond donors (Lipinski definition) is 1. The molecule has 62 valence electrons. The van der Waals surface area contributed by atoms with E-state index >= 15 is 0 Å². The Morgan fingerprint density at radius 3 is 3.00 bits per heavy atom. The normalized spacial score (nSPS) is 24.3. The molecule has 1 heterocycles. The number of aliphatic carboxylic acids is 1. The van der Waals surface area contributed by atoms with Crippen LogP contribution >= 0.6 is 24.0 Å². The number of carboxylic acids is 1. The molecule has 1 aliphatic rings. The van der Waals surface area contributed by atoms with Crippen LogP contribution in [0.25, 0.3) is 0 Å². The van der Waals surface area contributed by atoms with Gasteiger partial charge in [0.2, 0.25) is 0 Å². The third-order valence-corrected chi connectivity index (χ3v) is 2.92. The molecule has 1 aliphatic heterocycles. The summed E-state index contributed by atoms with van der Waals surface area (Å²) in [5.41, 5.74) is 0. The molecule has 1 saturated heterocycles. The van der Waals surface area contributed by atoms with Gasteiger partial charge in [-0.2, -0.15) is 0 Å². The van der Waals surface area contributed by atoms with E-state index in [0.717, 1.165) is 6.54 Å². The van der Waals surface area contributed by atoms with Crippen molar-refractivity contribution in [2.24, 2.45) is 0 Å². The molecule has 0 radical (unpaired) electrons. The summed E-state index contributed by atoms with van der Waals surface area (Å²) in [6.07, 6.45) is 0. The van der Waals surface area contributed by atoms with Gasteiger partial charge in [-0.1, -0.05) is 30.9 Å². The Labute approximate surface area is 74.8 Å². The maximum Gasteiger partial charge on any atom is 0.323 e. The molecule has 1 N–H and O–H groups in total. The van der Waals surface area contributed by atoms with Crippen molar-refractivity contribution in [3.05, 3.63) is 0 Å². The molecule has 1 unspecified atom stereocenters. The van der Waals surface area contributed by atoms with Crippen LogP contribution in [0.2, 0.25) is 0 Å². The fourth-order valence-electron chi connectivity index (χ4n) is 0.961. The fourth-order valence-corrected chi connectivity index (χ4v) is 2.48. The van der Waals surface area contributed by atoms with Crippen LogP contribution in [0.3, 0.4) is 0 Å². The number of carbonyl (C=O) groups is 1. The summed E-state index contributed by atoms with van der Waals surface area (Å²) in [6, 6.07) is 0. The molecule has 1 rings (SSSR count). The highest BCUT2D eigenvalue weighted by Crippen LogP contribution is 2.24. The Hall–Kier alpha value is -0.290. The minimum atomic E-state index is -0.818. The van der Waals surface area contributed by atoms with Gasteiger partial charge in [0, 0.05) is 11.8 Å². The summed E-state index contributed by atoms with van der Waals surface area (Å²) < 4.78 is 0.708.